The Morgan fingerprint density at radius 1 is 1.12 bits per heavy atom. The Labute approximate surface area is 234 Å². The second-order valence-electron chi connectivity index (χ2n) is 10.1. The van der Waals surface area contributed by atoms with Crippen LogP contribution in [-0.4, -0.2) is 68.2 Å². The Kier molecular flexibility index (Phi) is 9.52. The van der Waals surface area contributed by atoms with E-state index in [-0.39, 0.29) is 36.5 Å². The van der Waals surface area contributed by atoms with Crippen LogP contribution in [0.1, 0.15) is 35.7 Å². The Hall–Kier alpha value is -2.96. The van der Waals surface area contributed by atoms with Gasteiger partial charge in [0.2, 0.25) is 5.91 Å². The largest absolute Gasteiger partial charge is 0.390 e. The van der Waals surface area contributed by atoms with Crippen molar-refractivity contribution < 1.29 is 31.5 Å². The van der Waals surface area contributed by atoms with Gasteiger partial charge in [0.25, 0.3) is 5.91 Å². The van der Waals surface area contributed by atoms with Gasteiger partial charge in [-0.05, 0) is 44.2 Å². The maximum atomic E-state index is 14.9. The molecule has 3 N–H and O–H groups in total. The second kappa shape index (κ2) is 12.7. The first kappa shape index (κ1) is 30.0. The summed E-state index contributed by atoms with van der Waals surface area (Å²) >= 11 is 6.19. The van der Waals surface area contributed by atoms with Crippen molar-refractivity contribution in [3.05, 3.63) is 58.1 Å². The fraction of sp³-hybridized carbons (Fsp3) is 0.481. The van der Waals surface area contributed by atoms with Gasteiger partial charge < -0.3 is 20.9 Å². The highest BCUT2D eigenvalue weighted by atomic mass is 35.5. The maximum Gasteiger partial charge on any atom is 0.390 e. The van der Waals surface area contributed by atoms with E-state index in [9.17, 15) is 31.5 Å². The summed E-state index contributed by atoms with van der Waals surface area (Å²) in [7, 11) is 0. The van der Waals surface area contributed by atoms with Gasteiger partial charge >= 0.3 is 6.18 Å². The molecule has 2 heterocycles. The third kappa shape index (κ3) is 7.41. The van der Waals surface area contributed by atoms with Gasteiger partial charge in [0.05, 0.1) is 29.3 Å². The summed E-state index contributed by atoms with van der Waals surface area (Å²) in [4.78, 5) is 28.8. The normalized spacial score (nSPS) is 20.0. The highest BCUT2D eigenvalue weighted by Gasteiger charge is 2.32. The molecule has 2 saturated heterocycles. The molecule has 218 valence electrons. The number of benzene rings is 2. The number of carbonyl (C=O) groups is 2. The maximum absolute atomic E-state index is 14.9. The van der Waals surface area contributed by atoms with Crippen LogP contribution in [0, 0.1) is 17.6 Å². The second-order valence-corrected chi connectivity index (χ2v) is 10.6. The molecule has 4 rings (SSSR count). The molecule has 0 unspecified atom stereocenters. The zero-order chi connectivity index (χ0) is 29.0. The third-order valence-electron chi connectivity index (χ3n) is 7.29. The molecule has 0 aliphatic carbocycles. The van der Waals surface area contributed by atoms with Crippen molar-refractivity contribution in [2.75, 3.05) is 49.5 Å². The number of nitrogens with zero attached hydrogens (tertiary/aromatic N) is 2. The number of amides is 2. The third-order valence-corrected chi connectivity index (χ3v) is 7.52. The number of hydrogen-bond acceptors (Lipinski definition) is 5. The predicted octanol–water partition coefficient (Wildman–Crippen LogP) is 4.56. The number of anilines is 2. The zero-order valence-corrected chi connectivity index (χ0v) is 22.6. The summed E-state index contributed by atoms with van der Waals surface area (Å²) in [6, 6.07) is 6.88. The molecule has 2 aliphatic heterocycles. The number of carbonyl (C=O) groups excluding carboxylic acids is 2. The minimum Gasteiger partial charge on any atom is -0.367 e. The molecule has 0 spiro atoms. The number of nitrogens with one attached hydrogen (secondary N) is 3. The molecule has 2 amide bonds. The molecule has 2 aromatic carbocycles. The summed E-state index contributed by atoms with van der Waals surface area (Å²) in [5, 5.41) is 8.65. The summed E-state index contributed by atoms with van der Waals surface area (Å²) < 4.78 is 67.8. The van der Waals surface area contributed by atoms with Crippen LogP contribution in [0.5, 0.6) is 0 Å². The van der Waals surface area contributed by atoms with E-state index in [1.165, 1.54) is 18.2 Å². The molecule has 2 atom stereocenters. The molecule has 0 saturated carbocycles. The van der Waals surface area contributed by atoms with Crippen molar-refractivity contribution in [3.8, 4) is 0 Å². The van der Waals surface area contributed by atoms with Crippen molar-refractivity contribution in [3.63, 3.8) is 0 Å². The number of rotatable bonds is 8. The molecule has 7 nitrogen and oxygen atoms in total. The number of piperazine rings is 1. The van der Waals surface area contributed by atoms with Gasteiger partial charge in [-0.25, -0.2) is 8.78 Å². The lowest BCUT2D eigenvalue weighted by Crippen LogP contribution is -2.52. The van der Waals surface area contributed by atoms with E-state index >= 15 is 0 Å². The minimum atomic E-state index is -4.24. The summed E-state index contributed by atoms with van der Waals surface area (Å²) in [5.74, 6) is -3.92. The van der Waals surface area contributed by atoms with E-state index in [1.54, 1.807) is 11.0 Å². The van der Waals surface area contributed by atoms with Gasteiger partial charge in [-0.15, -0.1) is 0 Å². The van der Waals surface area contributed by atoms with Gasteiger partial charge in [-0.1, -0.05) is 17.7 Å². The first-order valence-electron chi connectivity index (χ1n) is 13.0. The van der Waals surface area contributed by atoms with Gasteiger partial charge in [-0.2, -0.15) is 13.2 Å². The fourth-order valence-electron chi connectivity index (χ4n) is 4.98. The lowest BCUT2D eigenvalue weighted by molar-refractivity contribution is -0.139. The molecule has 0 radical (unpaired) electrons. The summed E-state index contributed by atoms with van der Waals surface area (Å²) in [5.41, 5.74) is 0.216. The molecular formula is C27H31ClF5N5O2. The highest BCUT2D eigenvalue weighted by molar-refractivity contribution is 6.31. The van der Waals surface area contributed by atoms with Gasteiger partial charge in [-0.3, -0.25) is 14.5 Å². The smallest absolute Gasteiger partial charge is 0.367 e. The average Bonchev–Trinajstić information content (AvgIpc) is 3.44. The van der Waals surface area contributed by atoms with Crippen molar-refractivity contribution >= 4 is 34.8 Å². The zero-order valence-electron chi connectivity index (χ0n) is 21.9. The van der Waals surface area contributed by atoms with Gasteiger partial charge in [0.15, 0.2) is 11.6 Å². The van der Waals surface area contributed by atoms with E-state index in [4.69, 9.17) is 11.6 Å². The average molecular weight is 588 g/mol. The number of hydrogen-bond donors (Lipinski definition) is 3. The predicted molar refractivity (Wildman–Crippen MR) is 143 cm³/mol. The minimum absolute atomic E-state index is 0.0853. The molecular weight excluding hydrogens is 557 g/mol. The molecule has 13 heteroatoms. The SMILES string of the molecule is C[C@@H]1CN(c2cc(Cl)ccc2NC(=O)c2ccc(CNC(=O)[C@@H]3CCNC3)c(F)c2F)CCN1CCC(F)(F)F. The lowest BCUT2D eigenvalue weighted by atomic mass is 10.1. The quantitative estimate of drug-likeness (QED) is 0.395. The van der Waals surface area contributed by atoms with Crippen LogP contribution in [0.25, 0.3) is 0 Å². The first-order valence-corrected chi connectivity index (χ1v) is 13.4. The van der Waals surface area contributed by atoms with E-state index < -0.39 is 35.7 Å². The number of alkyl halides is 3. The van der Waals surface area contributed by atoms with Crippen LogP contribution in [0.3, 0.4) is 0 Å². The van der Waals surface area contributed by atoms with Crippen molar-refractivity contribution in [2.45, 2.75) is 38.5 Å². The Balaban J connectivity index is 1.44. The lowest BCUT2D eigenvalue weighted by Gasteiger charge is -2.41. The van der Waals surface area contributed by atoms with E-state index in [1.807, 2.05) is 11.8 Å². The first-order chi connectivity index (χ1) is 18.9. The van der Waals surface area contributed by atoms with Crippen LogP contribution in [0.4, 0.5) is 33.3 Å². The molecule has 0 aromatic heterocycles. The molecule has 0 bridgehead atoms. The van der Waals surface area contributed by atoms with Gasteiger partial charge in [0.1, 0.15) is 0 Å². The Bertz CT molecular complexity index is 1240. The molecule has 2 aromatic rings. The van der Waals surface area contributed by atoms with Crippen LogP contribution in [0.2, 0.25) is 5.02 Å². The summed E-state index contributed by atoms with van der Waals surface area (Å²) in [6.07, 6.45) is -4.47. The molecule has 2 aliphatic rings. The topological polar surface area (TPSA) is 76.7 Å². The Morgan fingerprint density at radius 2 is 1.90 bits per heavy atom. The van der Waals surface area contributed by atoms with E-state index in [2.05, 4.69) is 16.0 Å². The van der Waals surface area contributed by atoms with Crippen molar-refractivity contribution in [2.24, 2.45) is 5.92 Å². The van der Waals surface area contributed by atoms with Crippen LogP contribution in [0.15, 0.2) is 30.3 Å². The van der Waals surface area contributed by atoms with Crippen LogP contribution in [-0.2, 0) is 11.3 Å². The monoisotopic (exact) mass is 587 g/mol. The van der Waals surface area contributed by atoms with E-state index in [0.717, 1.165) is 12.6 Å². The highest BCUT2D eigenvalue weighted by Crippen LogP contribution is 2.32. The van der Waals surface area contributed by atoms with Crippen LogP contribution < -0.4 is 20.9 Å². The number of halogens is 6. The van der Waals surface area contributed by atoms with Crippen LogP contribution >= 0.6 is 11.6 Å². The molecule has 2 fully saturated rings. The standard InChI is InChI=1S/C27H31ClF5N5O2/c1-16-15-38(11-10-37(16)9-7-27(31,32)33)22-12-19(28)3-5-21(22)36-26(40)20-4-2-17(23(29)24(20)30)14-35-25(39)18-6-8-34-13-18/h2-5,12,16,18,34H,6-11,13-15H2,1H3,(H,35,39)(H,36,40)/t16-,18-/m1/s1. The van der Waals surface area contributed by atoms with Crippen molar-refractivity contribution in [1.29, 1.82) is 0 Å². The Morgan fingerprint density at radius 3 is 2.58 bits per heavy atom. The fourth-order valence-corrected chi connectivity index (χ4v) is 5.15. The van der Waals surface area contributed by atoms with Gasteiger partial charge in [0, 0.05) is 55.9 Å². The molecule has 40 heavy (non-hydrogen) atoms. The van der Waals surface area contributed by atoms with E-state index in [0.29, 0.717) is 49.0 Å². The van der Waals surface area contributed by atoms with Crippen molar-refractivity contribution in [1.82, 2.24) is 15.5 Å². The summed E-state index contributed by atoms with van der Waals surface area (Å²) in [6.45, 7) is 3.87.